The van der Waals surface area contributed by atoms with Gasteiger partial charge in [0.2, 0.25) is 0 Å². The molecule has 0 aliphatic carbocycles. The molecule has 98 valence electrons. The highest BCUT2D eigenvalue weighted by Gasteiger charge is 2.27. The number of hydrogen-bond acceptors (Lipinski definition) is 2. The second-order valence-corrected chi connectivity index (χ2v) is 5.07. The Morgan fingerprint density at radius 2 is 2.16 bits per heavy atom. The molecular formula is C16H19N3. The van der Waals surface area contributed by atoms with Crippen LogP contribution in [0.3, 0.4) is 0 Å². The van der Waals surface area contributed by atoms with Crippen LogP contribution in [-0.2, 0) is 13.1 Å². The fourth-order valence-corrected chi connectivity index (χ4v) is 2.82. The Bertz CT molecular complexity index is 571. The third-order valence-corrected chi connectivity index (χ3v) is 3.83. The summed E-state index contributed by atoms with van der Waals surface area (Å²) < 4.78 is 2.33. The van der Waals surface area contributed by atoms with E-state index < -0.39 is 0 Å². The van der Waals surface area contributed by atoms with Crippen LogP contribution in [0, 0.1) is 6.92 Å². The molecule has 2 heterocycles. The quantitative estimate of drug-likeness (QED) is 0.784. The Balaban J connectivity index is 1.97. The summed E-state index contributed by atoms with van der Waals surface area (Å²) in [5.41, 5.74) is 2.61. The van der Waals surface area contributed by atoms with Crippen molar-refractivity contribution in [2.24, 2.45) is 0 Å². The van der Waals surface area contributed by atoms with E-state index in [1.807, 2.05) is 12.3 Å². The summed E-state index contributed by atoms with van der Waals surface area (Å²) in [4.78, 5) is 6.94. The number of imidazole rings is 1. The highest BCUT2D eigenvalue weighted by Crippen LogP contribution is 2.29. The normalized spacial score (nSPS) is 19.1. The van der Waals surface area contributed by atoms with Crippen LogP contribution in [0.2, 0.25) is 0 Å². The van der Waals surface area contributed by atoms with Gasteiger partial charge in [-0.05, 0) is 12.5 Å². The van der Waals surface area contributed by atoms with Crippen LogP contribution < -0.4 is 0 Å². The van der Waals surface area contributed by atoms with Crippen LogP contribution >= 0.6 is 0 Å². The smallest absolute Gasteiger partial charge is 0.123 e. The summed E-state index contributed by atoms with van der Waals surface area (Å²) in [7, 11) is 0. The molecule has 1 aliphatic rings. The fourth-order valence-electron chi connectivity index (χ4n) is 2.82. The van der Waals surface area contributed by atoms with Gasteiger partial charge in [-0.15, -0.1) is 6.58 Å². The fraction of sp³-hybridized carbons (Fsp3) is 0.312. The van der Waals surface area contributed by atoms with E-state index in [1.165, 1.54) is 11.3 Å². The first-order valence-electron chi connectivity index (χ1n) is 6.70. The van der Waals surface area contributed by atoms with Crippen LogP contribution in [0.25, 0.3) is 0 Å². The van der Waals surface area contributed by atoms with Crippen LogP contribution in [0.5, 0.6) is 0 Å². The molecule has 1 aromatic carbocycles. The van der Waals surface area contributed by atoms with Crippen LogP contribution in [0.15, 0.2) is 49.2 Å². The summed E-state index contributed by atoms with van der Waals surface area (Å²) in [6.45, 7) is 8.76. The summed E-state index contributed by atoms with van der Waals surface area (Å²) in [6, 6.07) is 11.1. The van der Waals surface area contributed by atoms with Gasteiger partial charge in [-0.2, -0.15) is 0 Å². The lowest BCUT2D eigenvalue weighted by atomic mass is 10.0. The van der Waals surface area contributed by atoms with E-state index >= 15 is 0 Å². The highest BCUT2D eigenvalue weighted by molar-refractivity contribution is 5.21. The van der Waals surface area contributed by atoms with Crippen molar-refractivity contribution in [2.75, 3.05) is 6.54 Å². The molecule has 19 heavy (non-hydrogen) atoms. The Morgan fingerprint density at radius 1 is 1.37 bits per heavy atom. The maximum absolute atomic E-state index is 4.50. The molecule has 1 aliphatic heterocycles. The van der Waals surface area contributed by atoms with Crippen molar-refractivity contribution in [3.05, 3.63) is 66.3 Å². The third-order valence-electron chi connectivity index (χ3n) is 3.83. The SMILES string of the molecule is C=CCN1Cc2ncc(C)n2C[C@@H]1c1ccccc1. The van der Waals surface area contributed by atoms with E-state index in [0.717, 1.165) is 25.5 Å². The Labute approximate surface area is 114 Å². The lowest BCUT2D eigenvalue weighted by molar-refractivity contribution is 0.153. The minimum Gasteiger partial charge on any atom is -0.329 e. The lowest BCUT2D eigenvalue weighted by Crippen LogP contribution is -2.37. The maximum atomic E-state index is 4.50. The summed E-state index contributed by atoms with van der Waals surface area (Å²) in [5.74, 6) is 1.16. The van der Waals surface area contributed by atoms with Gasteiger partial charge in [0.25, 0.3) is 0 Å². The number of hydrogen-bond donors (Lipinski definition) is 0. The number of nitrogens with zero attached hydrogens (tertiary/aromatic N) is 3. The lowest BCUT2D eigenvalue weighted by Gasteiger charge is -2.36. The number of aryl methyl sites for hydroxylation is 1. The minimum atomic E-state index is 0.402. The van der Waals surface area contributed by atoms with Gasteiger partial charge in [-0.25, -0.2) is 4.98 Å². The molecule has 0 unspecified atom stereocenters. The van der Waals surface area contributed by atoms with Gasteiger partial charge in [-0.3, -0.25) is 4.90 Å². The zero-order chi connectivity index (χ0) is 13.2. The molecule has 1 aromatic heterocycles. The Morgan fingerprint density at radius 3 is 2.89 bits per heavy atom. The third kappa shape index (κ3) is 2.22. The van der Waals surface area contributed by atoms with Gasteiger partial charge in [0.15, 0.2) is 0 Å². The van der Waals surface area contributed by atoms with E-state index in [1.54, 1.807) is 0 Å². The molecule has 0 fully saturated rings. The molecule has 2 aromatic rings. The van der Waals surface area contributed by atoms with E-state index in [2.05, 4.69) is 58.3 Å². The molecule has 3 rings (SSSR count). The molecule has 0 saturated carbocycles. The second kappa shape index (κ2) is 5.02. The molecule has 0 bridgehead atoms. The number of benzene rings is 1. The van der Waals surface area contributed by atoms with Gasteiger partial charge in [0.05, 0.1) is 12.6 Å². The largest absolute Gasteiger partial charge is 0.329 e. The number of fused-ring (bicyclic) bond motifs is 1. The van der Waals surface area contributed by atoms with Gasteiger partial charge in [0, 0.05) is 25.0 Å². The molecule has 0 N–H and O–H groups in total. The van der Waals surface area contributed by atoms with Gasteiger partial charge >= 0.3 is 0 Å². The zero-order valence-electron chi connectivity index (χ0n) is 11.3. The van der Waals surface area contributed by atoms with Crippen molar-refractivity contribution in [1.82, 2.24) is 14.5 Å². The average molecular weight is 253 g/mol. The predicted octanol–water partition coefficient (Wildman–Crippen LogP) is 2.93. The molecule has 0 spiro atoms. The number of rotatable bonds is 3. The molecular weight excluding hydrogens is 234 g/mol. The van der Waals surface area contributed by atoms with Crippen molar-refractivity contribution < 1.29 is 0 Å². The topological polar surface area (TPSA) is 21.1 Å². The van der Waals surface area contributed by atoms with E-state index in [0.29, 0.717) is 6.04 Å². The maximum Gasteiger partial charge on any atom is 0.123 e. The summed E-state index contributed by atoms with van der Waals surface area (Å²) >= 11 is 0. The van der Waals surface area contributed by atoms with Crippen molar-refractivity contribution in [3.63, 3.8) is 0 Å². The molecule has 1 atom stereocenters. The predicted molar refractivity (Wildman–Crippen MR) is 76.8 cm³/mol. The summed E-state index contributed by atoms with van der Waals surface area (Å²) in [5, 5.41) is 0. The first kappa shape index (κ1) is 12.2. The van der Waals surface area contributed by atoms with Crippen molar-refractivity contribution in [2.45, 2.75) is 26.1 Å². The summed E-state index contributed by atoms with van der Waals surface area (Å²) in [6.07, 6.45) is 3.94. The standard InChI is InChI=1S/C16H19N3/c1-3-9-18-12-16-17-10-13(2)19(16)11-15(18)14-7-5-4-6-8-14/h3-8,10,15H,1,9,11-12H2,2H3/t15-/m1/s1. The van der Waals surface area contributed by atoms with Gasteiger partial charge in [0.1, 0.15) is 5.82 Å². The van der Waals surface area contributed by atoms with Crippen molar-refractivity contribution in [3.8, 4) is 0 Å². The number of aromatic nitrogens is 2. The van der Waals surface area contributed by atoms with Crippen LogP contribution in [0.4, 0.5) is 0 Å². The van der Waals surface area contributed by atoms with E-state index in [9.17, 15) is 0 Å². The monoisotopic (exact) mass is 253 g/mol. The zero-order valence-corrected chi connectivity index (χ0v) is 11.3. The first-order chi connectivity index (χ1) is 9.29. The van der Waals surface area contributed by atoms with E-state index in [4.69, 9.17) is 0 Å². The van der Waals surface area contributed by atoms with Crippen molar-refractivity contribution in [1.29, 1.82) is 0 Å². The Kier molecular flexibility index (Phi) is 3.22. The van der Waals surface area contributed by atoms with Crippen LogP contribution in [-0.4, -0.2) is 21.0 Å². The molecule has 0 amide bonds. The molecule has 0 saturated heterocycles. The Hall–Kier alpha value is -1.87. The molecule has 3 nitrogen and oxygen atoms in total. The minimum absolute atomic E-state index is 0.402. The molecule has 3 heteroatoms. The van der Waals surface area contributed by atoms with E-state index in [-0.39, 0.29) is 0 Å². The highest BCUT2D eigenvalue weighted by atomic mass is 15.3. The van der Waals surface area contributed by atoms with Gasteiger partial charge < -0.3 is 4.57 Å². The van der Waals surface area contributed by atoms with Crippen molar-refractivity contribution >= 4 is 0 Å². The van der Waals surface area contributed by atoms with Gasteiger partial charge in [-0.1, -0.05) is 36.4 Å². The average Bonchev–Trinajstić information content (AvgIpc) is 2.80. The van der Waals surface area contributed by atoms with Crippen LogP contribution in [0.1, 0.15) is 23.1 Å². The second-order valence-electron chi connectivity index (χ2n) is 5.07. The molecule has 0 radical (unpaired) electrons. The first-order valence-corrected chi connectivity index (χ1v) is 6.70.